The highest BCUT2D eigenvalue weighted by atomic mass is 16.1. The summed E-state index contributed by atoms with van der Waals surface area (Å²) in [6.07, 6.45) is 0. The number of hydrogen-bond donors (Lipinski definition) is 1. The first-order chi connectivity index (χ1) is 6.54. The third kappa shape index (κ3) is 2.10. The van der Waals surface area contributed by atoms with Gasteiger partial charge in [0.15, 0.2) is 0 Å². The van der Waals surface area contributed by atoms with Crippen LogP contribution in [0.2, 0.25) is 0 Å². The summed E-state index contributed by atoms with van der Waals surface area (Å²) in [4.78, 5) is 11.3. The lowest BCUT2D eigenvalue weighted by atomic mass is 10.2. The van der Waals surface area contributed by atoms with Crippen LogP contribution in [0.15, 0.2) is 6.07 Å². The van der Waals surface area contributed by atoms with Crippen molar-refractivity contribution in [1.29, 1.82) is 5.26 Å². The number of amides is 1. The van der Waals surface area contributed by atoms with Crippen LogP contribution in [-0.4, -0.2) is 15.7 Å². The summed E-state index contributed by atoms with van der Waals surface area (Å²) >= 11 is 0. The topological polar surface area (TPSA) is 70.7 Å². The maximum Gasteiger partial charge on any atom is 0.242 e. The third-order valence-electron chi connectivity index (χ3n) is 1.84. The predicted molar refractivity (Wildman–Crippen MR) is 51.4 cm³/mol. The van der Waals surface area contributed by atoms with E-state index in [-0.39, 0.29) is 5.91 Å². The minimum Gasteiger partial charge on any atom is -0.310 e. The first-order valence-electron chi connectivity index (χ1n) is 4.25. The zero-order valence-electron chi connectivity index (χ0n) is 8.40. The Morgan fingerprint density at radius 1 is 1.79 bits per heavy atom. The molecule has 0 saturated heterocycles. The third-order valence-corrected chi connectivity index (χ3v) is 1.84. The molecule has 0 spiro atoms. The second-order valence-electron chi connectivity index (χ2n) is 3.13. The van der Waals surface area contributed by atoms with Gasteiger partial charge >= 0.3 is 0 Å². The predicted octanol–water partition coefficient (Wildman–Crippen LogP) is 0.827. The molecule has 5 nitrogen and oxygen atoms in total. The fourth-order valence-corrected chi connectivity index (χ4v) is 1.02. The summed E-state index contributed by atoms with van der Waals surface area (Å²) < 4.78 is 1.57. The van der Waals surface area contributed by atoms with Gasteiger partial charge in [0.1, 0.15) is 11.7 Å². The van der Waals surface area contributed by atoms with Gasteiger partial charge in [0, 0.05) is 13.1 Å². The lowest BCUT2D eigenvalue weighted by Crippen LogP contribution is -2.20. The lowest BCUT2D eigenvalue weighted by molar-refractivity contribution is -0.118. The molecule has 1 aromatic rings. The van der Waals surface area contributed by atoms with E-state index in [9.17, 15) is 4.79 Å². The number of nitriles is 1. The van der Waals surface area contributed by atoms with E-state index in [1.807, 2.05) is 13.0 Å². The van der Waals surface area contributed by atoms with Crippen LogP contribution in [0.3, 0.4) is 0 Å². The molecule has 1 aromatic heterocycles. The Kier molecular flexibility index (Phi) is 2.87. The van der Waals surface area contributed by atoms with Crippen molar-refractivity contribution in [3.05, 3.63) is 11.8 Å². The zero-order chi connectivity index (χ0) is 10.7. The van der Waals surface area contributed by atoms with E-state index in [2.05, 4.69) is 10.4 Å². The minimum absolute atomic E-state index is 0.310. The van der Waals surface area contributed by atoms with Crippen LogP contribution >= 0.6 is 0 Å². The molecule has 0 bridgehead atoms. The van der Waals surface area contributed by atoms with Gasteiger partial charge in [0.2, 0.25) is 5.91 Å². The molecule has 1 atom stereocenters. The number of aromatic nitrogens is 2. The molecule has 0 aromatic carbocycles. The number of nitrogens with one attached hydrogen (secondary N) is 1. The van der Waals surface area contributed by atoms with E-state index in [0.29, 0.717) is 5.82 Å². The molecule has 74 valence electrons. The number of carbonyl (C=O) groups is 1. The highest BCUT2D eigenvalue weighted by Crippen LogP contribution is 2.09. The summed E-state index contributed by atoms with van der Waals surface area (Å²) in [7, 11) is 1.74. The van der Waals surface area contributed by atoms with Gasteiger partial charge < -0.3 is 5.32 Å². The first-order valence-corrected chi connectivity index (χ1v) is 4.25. The van der Waals surface area contributed by atoms with E-state index in [1.54, 1.807) is 24.7 Å². The van der Waals surface area contributed by atoms with E-state index in [0.717, 1.165) is 5.69 Å². The molecule has 5 heteroatoms. The molecule has 0 fully saturated rings. The number of carbonyl (C=O) groups excluding carboxylic acids is 1. The summed E-state index contributed by atoms with van der Waals surface area (Å²) in [5.74, 6) is -0.352. The van der Waals surface area contributed by atoms with E-state index in [4.69, 9.17) is 5.26 Å². The van der Waals surface area contributed by atoms with Crippen molar-refractivity contribution in [2.45, 2.75) is 13.8 Å². The summed E-state index contributed by atoms with van der Waals surface area (Å²) in [6, 6.07) is 3.62. The molecule has 0 radical (unpaired) electrons. The van der Waals surface area contributed by atoms with Crippen LogP contribution in [0.5, 0.6) is 0 Å². The normalized spacial score (nSPS) is 11.9. The highest BCUT2D eigenvalue weighted by molar-refractivity contribution is 5.93. The number of aryl methyl sites for hydroxylation is 2. The van der Waals surface area contributed by atoms with Crippen LogP contribution in [0.4, 0.5) is 5.82 Å². The largest absolute Gasteiger partial charge is 0.310 e. The van der Waals surface area contributed by atoms with Crippen molar-refractivity contribution >= 4 is 11.7 Å². The average Bonchev–Trinajstić information content (AvgIpc) is 2.44. The number of nitrogens with zero attached hydrogens (tertiary/aromatic N) is 3. The molecule has 1 rings (SSSR count). The second-order valence-corrected chi connectivity index (χ2v) is 3.13. The molecule has 1 N–H and O–H groups in total. The molecular formula is C9H12N4O. The van der Waals surface area contributed by atoms with Crippen molar-refractivity contribution in [2.24, 2.45) is 13.0 Å². The van der Waals surface area contributed by atoms with Crippen LogP contribution in [-0.2, 0) is 11.8 Å². The maximum absolute atomic E-state index is 11.3. The summed E-state index contributed by atoms with van der Waals surface area (Å²) in [6.45, 7) is 3.39. The molecule has 1 amide bonds. The minimum atomic E-state index is -0.648. The molecule has 1 heterocycles. The van der Waals surface area contributed by atoms with Crippen molar-refractivity contribution < 1.29 is 4.79 Å². The van der Waals surface area contributed by atoms with Crippen LogP contribution in [0.25, 0.3) is 0 Å². The van der Waals surface area contributed by atoms with Crippen molar-refractivity contribution in [1.82, 2.24) is 9.78 Å². The fourth-order valence-electron chi connectivity index (χ4n) is 1.02. The van der Waals surface area contributed by atoms with Crippen LogP contribution < -0.4 is 5.32 Å². The van der Waals surface area contributed by atoms with Gasteiger partial charge in [0.25, 0.3) is 0 Å². The van der Waals surface area contributed by atoms with Gasteiger partial charge in [-0.05, 0) is 13.8 Å². The van der Waals surface area contributed by atoms with Gasteiger partial charge in [0.05, 0.1) is 11.8 Å². The van der Waals surface area contributed by atoms with Crippen molar-refractivity contribution in [3.63, 3.8) is 0 Å². The Labute approximate surface area is 82.3 Å². The van der Waals surface area contributed by atoms with Gasteiger partial charge in [-0.25, -0.2) is 0 Å². The zero-order valence-corrected chi connectivity index (χ0v) is 8.40. The standard InChI is InChI=1S/C9H12N4O/c1-6(5-10)9(14)11-8-4-7(2)12-13(8)3/h4,6H,1-3H3,(H,11,14). The maximum atomic E-state index is 11.3. The van der Waals surface area contributed by atoms with Crippen molar-refractivity contribution in [3.8, 4) is 6.07 Å². The van der Waals surface area contributed by atoms with Crippen LogP contribution in [0.1, 0.15) is 12.6 Å². The quantitative estimate of drug-likeness (QED) is 0.754. The Balaban J connectivity index is 2.75. The number of hydrogen-bond acceptors (Lipinski definition) is 3. The van der Waals surface area contributed by atoms with Crippen LogP contribution in [0, 0.1) is 24.2 Å². The first kappa shape index (κ1) is 10.3. The van der Waals surface area contributed by atoms with Gasteiger partial charge in [-0.2, -0.15) is 10.4 Å². The number of rotatable bonds is 2. The fraction of sp³-hybridized carbons (Fsp3) is 0.444. The lowest BCUT2D eigenvalue weighted by Gasteiger charge is -2.05. The highest BCUT2D eigenvalue weighted by Gasteiger charge is 2.13. The summed E-state index contributed by atoms with van der Waals surface area (Å²) in [5, 5.41) is 15.2. The molecule has 1 unspecified atom stereocenters. The van der Waals surface area contributed by atoms with Gasteiger partial charge in [-0.1, -0.05) is 0 Å². The molecule has 14 heavy (non-hydrogen) atoms. The molecule has 0 aliphatic rings. The average molecular weight is 192 g/mol. The smallest absolute Gasteiger partial charge is 0.242 e. The van der Waals surface area contributed by atoms with Crippen molar-refractivity contribution in [2.75, 3.05) is 5.32 Å². The van der Waals surface area contributed by atoms with Gasteiger partial charge in [-0.3, -0.25) is 9.48 Å². The SMILES string of the molecule is Cc1cc(NC(=O)C(C)C#N)n(C)n1. The van der Waals surface area contributed by atoms with E-state index in [1.165, 1.54) is 0 Å². The Bertz CT molecular complexity index is 388. The molecule has 0 aliphatic carbocycles. The monoisotopic (exact) mass is 192 g/mol. The molecular weight excluding hydrogens is 180 g/mol. The summed E-state index contributed by atoms with van der Waals surface area (Å²) in [5.41, 5.74) is 0.826. The van der Waals surface area contributed by atoms with Gasteiger partial charge in [-0.15, -0.1) is 0 Å². The number of anilines is 1. The Hall–Kier alpha value is -1.83. The second kappa shape index (κ2) is 3.92. The van der Waals surface area contributed by atoms with E-state index >= 15 is 0 Å². The Morgan fingerprint density at radius 2 is 2.43 bits per heavy atom. The van der Waals surface area contributed by atoms with E-state index < -0.39 is 5.92 Å². The molecule has 0 aliphatic heterocycles. The molecule has 0 saturated carbocycles. The Morgan fingerprint density at radius 3 is 2.86 bits per heavy atom.